The number of hydrogen-bond acceptors (Lipinski definition) is 2. The Morgan fingerprint density at radius 1 is 1.33 bits per heavy atom. The normalized spacial score (nSPS) is 15.0. The summed E-state index contributed by atoms with van der Waals surface area (Å²) < 4.78 is 0. The lowest BCUT2D eigenvalue weighted by atomic mass is 9.89. The highest BCUT2D eigenvalue weighted by Crippen LogP contribution is 2.39. The van der Waals surface area contributed by atoms with Gasteiger partial charge in [-0.25, -0.2) is 0 Å². The van der Waals surface area contributed by atoms with Gasteiger partial charge in [-0.2, -0.15) is 0 Å². The fraction of sp³-hybridized carbons (Fsp3) is 0.385. The zero-order valence-electron chi connectivity index (χ0n) is 9.46. The highest BCUT2D eigenvalue weighted by molar-refractivity contribution is 5.82. The molecule has 0 atom stereocenters. The number of phenolic OH excluding ortho intramolecular Hbond substituents is 1. The number of fused-ring (bicyclic) bond motifs is 1. The van der Waals surface area contributed by atoms with E-state index in [0.29, 0.717) is 5.75 Å². The second kappa shape index (κ2) is 3.38. The lowest BCUT2D eigenvalue weighted by Crippen LogP contribution is -2.37. The first-order valence-corrected chi connectivity index (χ1v) is 5.27. The molecule has 0 saturated carbocycles. The highest BCUT2D eigenvalue weighted by Gasteiger charge is 2.28. The maximum Gasteiger partial charge on any atom is 0.123 e. The van der Waals surface area contributed by atoms with Crippen molar-refractivity contribution in [3.63, 3.8) is 0 Å². The molecule has 0 saturated heterocycles. The Morgan fingerprint density at radius 3 is 2.73 bits per heavy atom. The Labute approximate surface area is 90.6 Å². The highest BCUT2D eigenvalue weighted by atomic mass is 16.3. The van der Waals surface area contributed by atoms with Gasteiger partial charge in [0.1, 0.15) is 5.75 Å². The van der Waals surface area contributed by atoms with E-state index in [0.717, 1.165) is 12.0 Å². The van der Waals surface area contributed by atoms with Crippen molar-refractivity contribution < 1.29 is 5.11 Å². The van der Waals surface area contributed by atoms with E-state index in [1.807, 2.05) is 13.1 Å². The third-order valence-corrected chi connectivity index (χ3v) is 3.22. The molecule has 0 bridgehead atoms. The summed E-state index contributed by atoms with van der Waals surface area (Å²) in [6.45, 7) is 4.25. The molecule has 0 aliphatic heterocycles. The molecule has 0 fully saturated rings. The molecule has 0 heterocycles. The number of likely N-dealkylation sites (N-methyl/N-ethyl adjacent to an activating group) is 1. The maximum absolute atomic E-state index is 9.89. The van der Waals surface area contributed by atoms with Gasteiger partial charge in [-0.05, 0) is 44.5 Å². The molecule has 0 unspecified atom stereocenters. The molecular formula is C13H17NO. The van der Waals surface area contributed by atoms with Crippen LogP contribution in [0.1, 0.15) is 25.0 Å². The van der Waals surface area contributed by atoms with Crippen LogP contribution in [0.25, 0.3) is 5.57 Å². The molecule has 15 heavy (non-hydrogen) atoms. The van der Waals surface area contributed by atoms with Crippen LogP contribution in [0.4, 0.5) is 0 Å². The van der Waals surface area contributed by atoms with Gasteiger partial charge in [0.15, 0.2) is 0 Å². The Hall–Kier alpha value is -1.28. The van der Waals surface area contributed by atoms with Crippen LogP contribution in [-0.2, 0) is 6.42 Å². The van der Waals surface area contributed by atoms with Crippen LogP contribution in [-0.4, -0.2) is 17.7 Å². The number of benzene rings is 1. The van der Waals surface area contributed by atoms with Gasteiger partial charge >= 0.3 is 0 Å². The predicted octanol–water partition coefficient (Wildman–Crippen LogP) is 2.33. The smallest absolute Gasteiger partial charge is 0.123 e. The van der Waals surface area contributed by atoms with Crippen LogP contribution < -0.4 is 5.32 Å². The molecule has 0 aromatic heterocycles. The lowest BCUT2D eigenvalue weighted by Gasteiger charge is -2.27. The minimum absolute atomic E-state index is 0.0932. The van der Waals surface area contributed by atoms with E-state index in [1.54, 1.807) is 6.07 Å². The van der Waals surface area contributed by atoms with Gasteiger partial charge in [0.25, 0.3) is 0 Å². The largest absolute Gasteiger partial charge is 0.507 e. The Bertz CT molecular complexity index is 419. The SMILES string of the molecule is CNC(C)(C)C1=CCc2cccc(O)c21. The minimum Gasteiger partial charge on any atom is -0.507 e. The van der Waals surface area contributed by atoms with E-state index in [1.165, 1.54) is 11.1 Å². The molecule has 2 N–H and O–H groups in total. The van der Waals surface area contributed by atoms with Crippen molar-refractivity contribution in [3.8, 4) is 5.75 Å². The monoisotopic (exact) mass is 203 g/mol. The van der Waals surface area contributed by atoms with Crippen LogP contribution in [0, 0.1) is 0 Å². The molecule has 1 aliphatic carbocycles. The number of aromatic hydroxyl groups is 1. The topological polar surface area (TPSA) is 32.3 Å². The molecular weight excluding hydrogens is 186 g/mol. The first-order valence-electron chi connectivity index (χ1n) is 5.27. The fourth-order valence-corrected chi connectivity index (χ4v) is 2.08. The van der Waals surface area contributed by atoms with Crippen molar-refractivity contribution in [2.75, 3.05) is 7.05 Å². The number of hydrogen-bond donors (Lipinski definition) is 2. The van der Waals surface area contributed by atoms with E-state index in [9.17, 15) is 5.11 Å². The van der Waals surface area contributed by atoms with E-state index < -0.39 is 0 Å². The quantitative estimate of drug-likeness (QED) is 0.773. The Morgan fingerprint density at radius 2 is 2.07 bits per heavy atom. The van der Waals surface area contributed by atoms with E-state index in [4.69, 9.17) is 0 Å². The molecule has 80 valence electrons. The van der Waals surface area contributed by atoms with Crippen LogP contribution in [0.15, 0.2) is 24.3 Å². The first kappa shape index (κ1) is 10.2. The molecule has 2 rings (SSSR count). The summed E-state index contributed by atoms with van der Waals surface area (Å²) in [6.07, 6.45) is 3.12. The summed E-state index contributed by atoms with van der Waals surface area (Å²) in [7, 11) is 1.94. The van der Waals surface area contributed by atoms with Gasteiger partial charge in [0.2, 0.25) is 0 Å². The van der Waals surface area contributed by atoms with Gasteiger partial charge in [-0.1, -0.05) is 18.2 Å². The zero-order valence-corrected chi connectivity index (χ0v) is 9.46. The van der Waals surface area contributed by atoms with Gasteiger partial charge < -0.3 is 10.4 Å². The van der Waals surface area contributed by atoms with E-state index in [-0.39, 0.29) is 5.54 Å². The molecule has 0 spiro atoms. The summed E-state index contributed by atoms with van der Waals surface area (Å²) in [6, 6.07) is 5.73. The number of nitrogens with one attached hydrogen (secondary N) is 1. The van der Waals surface area contributed by atoms with Gasteiger partial charge in [-0.15, -0.1) is 0 Å². The van der Waals surface area contributed by atoms with Crippen LogP contribution >= 0.6 is 0 Å². The van der Waals surface area contributed by atoms with Gasteiger partial charge in [-0.3, -0.25) is 0 Å². The van der Waals surface area contributed by atoms with E-state index in [2.05, 4.69) is 31.3 Å². The summed E-state index contributed by atoms with van der Waals surface area (Å²) >= 11 is 0. The van der Waals surface area contributed by atoms with Crippen molar-refractivity contribution in [3.05, 3.63) is 35.4 Å². The molecule has 2 nitrogen and oxygen atoms in total. The standard InChI is InChI=1S/C13H17NO/c1-13(2,14-3)10-8-7-9-5-4-6-11(15)12(9)10/h4-6,8,14-15H,7H2,1-3H3. The van der Waals surface area contributed by atoms with Crippen LogP contribution in [0.2, 0.25) is 0 Å². The number of allylic oxidation sites excluding steroid dienone is 1. The van der Waals surface area contributed by atoms with E-state index >= 15 is 0 Å². The Kier molecular flexibility index (Phi) is 2.31. The zero-order chi connectivity index (χ0) is 11.1. The summed E-state index contributed by atoms with van der Waals surface area (Å²) in [5, 5.41) is 13.2. The molecule has 1 aromatic rings. The number of rotatable bonds is 2. The van der Waals surface area contributed by atoms with Crippen molar-refractivity contribution in [1.82, 2.24) is 5.32 Å². The first-order chi connectivity index (χ1) is 7.06. The van der Waals surface area contributed by atoms with Gasteiger partial charge in [0.05, 0.1) is 0 Å². The molecule has 1 aromatic carbocycles. The maximum atomic E-state index is 9.89. The van der Waals surface area contributed by atoms with Crippen molar-refractivity contribution >= 4 is 5.57 Å². The Balaban J connectivity index is 2.51. The third kappa shape index (κ3) is 1.55. The van der Waals surface area contributed by atoms with Crippen LogP contribution in [0.5, 0.6) is 5.75 Å². The second-order valence-corrected chi connectivity index (χ2v) is 4.51. The lowest BCUT2D eigenvalue weighted by molar-refractivity contribution is 0.469. The van der Waals surface area contributed by atoms with Crippen LogP contribution in [0.3, 0.4) is 0 Å². The molecule has 1 aliphatic rings. The summed E-state index contributed by atoms with van der Waals surface area (Å²) in [5.41, 5.74) is 3.33. The minimum atomic E-state index is -0.0932. The van der Waals surface area contributed by atoms with Crippen molar-refractivity contribution in [1.29, 1.82) is 0 Å². The molecule has 0 amide bonds. The molecule has 0 radical (unpaired) electrons. The van der Waals surface area contributed by atoms with Crippen molar-refractivity contribution in [2.45, 2.75) is 25.8 Å². The summed E-state index contributed by atoms with van der Waals surface area (Å²) in [5.74, 6) is 0.388. The molecule has 2 heteroatoms. The van der Waals surface area contributed by atoms with Crippen molar-refractivity contribution in [2.24, 2.45) is 0 Å². The average molecular weight is 203 g/mol. The second-order valence-electron chi connectivity index (χ2n) is 4.51. The fourth-order valence-electron chi connectivity index (χ4n) is 2.08. The average Bonchev–Trinajstić information content (AvgIpc) is 2.63. The predicted molar refractivity (Wildman–Crippen MR) is 62.9 cm³/mol. The third-order valence-electron chi connectivity index (χ3n) is 3.22. The number of phenols is 1. The summed E-state index contributed by atoms with van der Waals surface area (Å²) in [4.78, 5) is 0. The van der Waals surface area contributed by atoms with Gasteiger partial charge in [0, 0.05) is 11.1 Å².